The maximum atomic E-state index is 6.22. The molecular formula is C14H19NO. The highest BCUT2D eigenvalue weighted by Gasteiger charge is 2.14. The van der Waals surface area contributed by atoms with Crippen LogP contribution in [0.1, 0.15) is 37.8 Å². The fourth-order valence-electron chi connectivity index (χ4n) is 2.13. The number of allylic oxidation sites excluding steroid dienone is 1. The Balaban J connectivity index is 2.08. The van der Waals surface area contributed by atoms with Crippen molar-refractivity contribution in [2.24, 2.45) is 5.73 Å². The monoisotopic (exact) mass is 217 g/mol. The van der Waals surface area contributed by atoms with E-state index in [2.05, 4.69) is 18.2 Å². The fourth-order valence-corrected chi connectivity index (χ4v) is 2.13. The quantitative estimate of drug-likeness (QED) is 0.786. The third kappa shape index (κ3) is 2.45. The Bertz CT molecular complexity index is 367. The third-order valence-corrected chi connectivity index (χ3v) is 3.03. The minimum atomic E-state index is 0.0678. The van der Waals surface area contributed by atoms with Crippen molar-refractivity contribution >= 4 is 0 Å². The molecule has 0 radical (unpaired) electrons. The Labute approximate surface area is 97.1 Å². The van der Waals surface area contributed by atoms with Crippen molar-refractivity contribution in [1.29, 1.82) is 0 Å². The van der Waals surface area contributed by atoms with Gasteiger partial charge in [-0.2, -0.15) is 0 Å². The topological polar surface area (TPSA) is 35.2 Å². The van der Waals surface area contributed by atoms with Crippen LogP contribution in [0, 0.1) is 0 Å². The van der Waals surface area contributed by atoms with Gasteiger partial charge >= 0.3 is 0 Å². The van der Waals surface area contributed by atoms with Crippen LogP contribution in [-0.2, 0) is 0 Å². The largest absolute Gasteiger partial charge is 0.494 e. The number of benzene rings is 1. The minimum absolute atomic E-state index is 0.0678. The molecule has 0 amide bonds. The zero-order valence-corrected chi connectivity index (χ0v) is 9.78. The van der Waals surface area contributed by atoms with Crippen LogP contribution in [0.2, 0.25) is 0 Å². The average Bonchev–Trinajstić information content (AvgIpc) is 2.83. The number of hydrogen-bond donors (Lipinski definition) is 1. The first-order chi connectivity index (χ1) is 7.81. The van der Waals surface area contributed by atoms with Gasteiger partial charge < -0.3 is 10.5 Å². The van der Waals surface area contributed by atoms with Crippen molar-refractivity contribution in [2.75, 3.05) is 6.61 Å². The molecule has 0 aliphatic heterocycles. The molecule has 16 heavy (non-hydrogen) atoms. The van der Waals surface area contributed by atoms with E-state index >= 15 is 0 Å². The minimum Gasteiger partial charge on any atom is -0.494 e. The van der Waals surface area contributed by atoms with Gasteiger partial charge in [0.2, 0.25) is 0 Å². The van der Waals surface area contributed by atoms with Gasteiger partial charge in [-0.15, -0.1) is 0 Å². The predicted molar refractivity (Wildman–Crippen MR) is 66.5 cm³/mol. The number of rotatable bonds is 4. The van der Waals surface area contributed by atoms with Gasteiger partial charge in [0.25, 0.3) is 0 Å². The molecule has 0 bridgehead atoms. The summed E-state index contributed by atoms with van der Waals surface area (Å²) < 4.78 is 5.41. The lowest BCUT2D eigenvalue weighted by Crippen LogP contribution is -2.12. The lowest BCUT2D eigenvalue weighted by molar-refractivity contribution is 0.340. The van der Waals surface area contributed by atoms with E-state index in [-0.39, 0.29) is 6.04 Å². The summed E-state index contributed by atoms with van der Waals surface area (Å²) in [7, 11) is 0. The first-order valence-corrected chi connectivity index (χ1v) is 5.98. The molecule has 86 valence electrons. The molecule has 2 rings (SSSR count). The van der Waals surface area contributed by atoms with Gasteiger partial charge in [0.15, 0.2) is 0 Å². The average molecular weight is 217 g/mol. The van der Waals surface area contributed by atoms with Crippen LogP contribution >= 0.6 is 0 Å². The van der Waals surface area contributed by atoms with Crippen molar-refractivity contribution < 1.29 is 4.74 Å². The Morgan fingerprint density at radius 3 is 2.62 bits per heavy atom. The van der Waals surface area contributed by atoms with Crippen LogP contribution in [-0.4, -0.2) is 6.61 Å². The Kier molecular flexibility index (Phi) is 3.62. The van der Waals surface area contributed by atoms with Gasteiger partial charge in [-0.3, -0.25) is 0 Å². The highest BCUT2D eigenvalue weighted by Crippen LogP contribution is 2.29. The van der Waals surface area contributed by atoms with E-state index < -0.39 is 0 Å². The van der Waals surface area contributed by atoms with Crippen LogP contribution < -0.4 is 10.5 Å². The summed E-state index contributed by atoms with van der Waals surface area (Å²) in [4.78, 5) is 0. The fraction of sp³-hybridized carbons (Fsp3) is 0.429. The highest BCUT2D eigenvalue weighted by atomic mass is 16.5. The summed E-state index contributed by atoms with van der Waals surface area (Å²) >= 11 is 0. The normalized spacial score (nSPS) is 17.0. The standard InChI is InChI=1S/C14H19NO/c1-2-16-13-9-7-12(8-10-13)14(15)11-5-3-4-6-11/h5,7-10,14H,2-4,6,15H2,1H3. The Morgan fingerprint density at radius 1 is 1.31 bits per heavy atom. The van der Waals surface area contributed by atoms with Gasteiger partial charge in [-0.05, 0) is 43.9 Å². The van der Waals surface area contributed by atoms with Gasteiger partial charge in [0.1, 0.15) is 5.75 Å². The molecule has 2 N–H and O–H groups in total. The van der Waals surface area contributed by atoms with Crippen molar-refractivity contribution in [3.63, 3.8) is 0 Å². The Morgan fingerprint density at radius 2 is 2.06 bits per heavy atom. The molecule has 0 saturated carbocycles. The SMILES string of the molecule is CCOc1ccc(C(N)C2=CCCC2)cc1. The molecule has 0 spiro atoms. The van der Waals surface area contributed by atoms with Crippen LogP contribution in [0.4, 0.5) is 0 Å². The maximum absolute atomic E-state index is 6.22. The molecule has 1 aromatic rings. The van der Waals surface area contributed by atoms with E-state index in [9.17, 15) is 0 Å². The number of hydrogen-bond acceptors (Lipinski definition) is 2. The van der Waals surface area contributed by atoms with Crippen molar-refractivity contribution in [1.82, 2.24) is 0 Å². The van der Waals surface area contributed by atoms with Crippen molar-refractivity contribution in [3.8, 4) is 5.75 Å². The van der Waals surface area contributed by atoms with Crippen LogP contribution in [0.25, 0.3) is 0 Å². The van der Waals surface area contributed by atoms with E-state index in [1.807, 2.05) is 19.1 Å². The third-order valence-electron chi connectivity index (χ3n) is 3.03. The molecule has 2 nitrogen and oxygen atoms in total. The van der Waals surface area contributed by atoms with Crippen molar-refractivity contribution in [3.05, 3.63) is 41.5 Å². The van der Waals surface area contributed by atoms with E-state index in [0.29, 0.717) is 6.61 Å². The van der Waals surface area contributed by atoms with Crippen LogP contribution in [0.5, 0.6) is 5.75 Å². The molecular weight excluding hydrogens is 198 g/mol. The van der Waals surface area contributed by atoms with E-state index in [4.69, 9.17) is 10.5 Å². The van der Waals surface area contributed by atoms with Crippen LogP contribution in [0.3, 0.4) is 0 Å². The lowest BCUT2D eigenvalue weighted by atomic mass is 9.99. The van der Waals surface area contributed by atoms with Gasteiger partial charge in [-0.25, -0.2) is 0 Å². The zero-order chi connectivity index (χ0) is 11.4. The maximum Gasteiger partial charge on any atom is 0.119 e. The summed E-state index contributed by atoms with van der Waals surface area (Å²) in [5, 5.41) is 0. The molecule has 1 unspecified atom stereocenters. The van der Waals surface area contributed by atoms with Crippen LogP contribution in [0.15, 0.2) is 35.9 Å². The summed E-state index contributed by atoms with van der Waals surface area (Å²) in [6, 6.07) is 8.18. The molecule has 1 aliphatic carbocycles. The molecule has 1 aromatic carbocycles. The van der Waals surface area contributed by atoms with E-state index in [0.717, 1.165) is 12.2 Å². The molecule has 1 atom stereocenters. The van der Waals surface area contributed by atoms with E-state index in [1.54, 1.807) is 0 Å². The zero-order valence-electron chi connectivity index (χ0n) is 9.78. The number of ether oxygens (including phenoxy) is 1. The summed E-state index contributed by atoms with van der Waals surface area (Å²) in [5.74, 6) is 0.916. The Hall–Kier alpha value is -1.28. The molecule has 2 heteroatoms. The lowest BCUT2D eigenvalue weighted by Gasteiger charge is -2.14. The first kappa shape index (κ1) is 11.2. The molecule has 0 fully saturated rings. The van der Waals surface area contributed by atoms with E-state index in [1.165, 1.54) is 24.0 Å². The highest BCUT2D eigenvalue weighted by molar-refractivity contribution is 5.34. The second-order valence-electron chi connectivity index (χ2n) is 4.15. The first-order valence-electron chi connectivity index (χ1n) is 5.98. The summed E-state index contributed by atoms with van der Waals surface area (Å²) in [6.45, 7) is 2.69. The van der Waals surface area contributed by atoms with Gasteiger partial charge in [0.05, 0.1) is 12.6 Å². The van der Waals surface area contributed by atoms with Gasteiger partial charge in [0, 0.05) is 0 Å². The smallest absolute Gasteiger partial charge is 0.119 e. The molecule has 0 saturated heterocycles. The number of nitrogens with two attached hydrogens (primary N) is 1. The molecule has 0 aromatic heterocycles. The van der Waals surface area contributed by atoms with Crippen molar-refractivity contribution in [2.45, 2.75) is 32.2 Å². The molecule has 1 aliphatic rings. The predicted octanol–water partition coefficient (Wildman–Crippen LogP) is 3.20. The molecule has 0 heterocycles. The second-order valence-corrected chi connectivity index (χ2v) is 4.15. The summed E-state index contributed by atoms with van der Waals surface area (Å²) in [6.07, 6.45) is 5.86. The summed E-state index contributed by atoms with van der Waals surface area (Å²) in [5.41, 5.74) is 8.77. The van der Waals surface area contributed by atoms with Gasteiger partial charge in [-0.1, -0.05) is 23.8 Å². The second kappa shape index (κ2) is 5.17.